The number of likely N-dealkylation sites (N-methyl/N-ethyl adjacent to an activating group) is 1. The van der Waals surface area contributed by atoms with Gasteiger partial charge in [-0.15, -0.1) is 0 Å². The molecule has 4 nitrogen and oxygen atoms in total. The Labute approximate surface area is 98.1 Å². The van der Waals surface area contributed by atoms with E-state index in [1.165, 1.54) is 0 Å². The lowest BCUT2D eigenvalue weighted by Crippen LogP contribution is -2.32. The number of nitrogens with zero attached hydrogens (tertiary/aromatic N) is 3. The van der Waals surface area contributed by atoms with Gasteiger partial charge in [0.2, 0.25) is 0 Å². The third-order valence-corrected chi connectivity index (χ3v) is 2.52. The van der Waals surface area contributed by atoms with Gasteiger partial charge in [0.15, 0.2) is 0 Å². The van der Waals surface area contributed by atoms with E-state index in [0.29, 0.717) is 0 Å². The van der Waals surface area contributed by atoms with Gasteiger partial charge in [-0.1, -0.05) is 13.8 Å². The monoisotopic (exact) mass is 222 g/mol. The smallest absolute Gasteiger partial charge is 0.132 e. The van der Waals surface area contributed by atoms with E-state index >= 15 is 0 Å². The van der Waals surface area contributed by atoms with E-state index in [0.717, 1.165) is 44.0 Å². The Bertz CT molecular complexity index is 301. The third-order valence-electron chi connectivity index (χ3n) is 2.52. The topological polar surface area (TPSA) is 41.0 Å². The molecule has 4 heteroatoms. The molecule has 0 aromatic carbocycles. The summed E-state index contributed by atoms with van der Waals surface area (Å²) in [5.74, 6) is 1.05. The predicted octanol–water partition coefficient (Wildman–Crippen LogP) is 1.47. The van der Waals surface area contributed by atoms with Gasteiger partial charge in [0.1, 0.15) is 12.1 Å². The van der Waals surface area contributed by atoms with Gasteiger partial charge in [0.25, 0.3) is 0 Å². The number of anilines is 1. The van der Waals surface area contributed by atoms with Crippen LogP contribution >= 0.6 is 0 Å². The molecule has 0 bridgehead atoms. The molecule has 0 saturated heterocycles. The molecule has 0 aliphatic carbocycles. The molecular formula is C12H22N4. The van der Waals surface area contributed by atoms with Crippen LogP contribution in [0.2, 0.25) is 0 Å². The molecule has 16 heavy (non-hydrogen) atoms. The molecule has 0 aliphatic rings. The summed E-state index contributed by atoms with van der Waals surface area (Å²) in [6.45, 7) is 7.32. The van der Waals surface area contributed by atoms with Gasteiger partial charge in [-0.25, -0.2) is 9.97 Å². The van der Waals surface area contributed by atoms with Crippen molar-refractivity contribution >= 4 is 5.82 Å². The highest BCUT2D eigenvalue weighted by Crippen LogP contribution is 2.11. The molecular weight excluding hydrogens is 200 g/mol. The second-order valence-electron chi connectivity index (χ2n) is 3.81. The second-order valence-corrected chi connectivity index (χ2v) is 3.81. The van der Waals surface area contributed by atoms with Crippen molar-refractivity contribution in [2.24, 2.45) is 0 Å². The zero-order valence-corrected chi connectivity index (χ0v) is 10.5. The largest absolute Gasteiger partial charge is 0.355 e. The summed E-state index contributed by atoms with van der Waals surface area (Å²) in [7, 11) is 1.97. The van der Waals surface area contributed by atoms with Crippen LogP contribution in [0.5, 0.6) is 0 Å². The molecule has 0 fully saturated rings. The Balaban J connectivity index is 2.73. The highest BCUT2D eigenvalue weighted by Gasteiger charge is 2.06. The number of aromatic nitrogens is 2. The highest BCUT2D eigenvalue weighted by atomic mass is 15.2. The van der Waals surface area contributed by atoms with Crippen molar-refractivity contribution in [2.75, 3.05) is 31.6 Å². The number of nitrogens with one attached hydrogen (secondary N) is 1. The van der Waals surface area contributed by atoms with Crippen molar-refractivity contribution in [1.29, 1.82) is 0 Å². The molecule has 90 valence electrons. The van der Waals surface area contributed by atoms with Crippen LogP contribution < -0.4 is 10.2 Å². The Morgan fingerprint density at radius 3 is 2.69 bits per heavy atom. The number of rotatable bonds is 7. The van der Waals surface area contributed by atoms with Gasteiger partial charge in [-0.2, -0.15) is 0 Å². The summed E-state index contributed by atoms with van der Waals surface area (Å²) < 4.78 is 0. The minimum Gasteiger partial charge on any atom is -0.355 e. The maximum atomic E-state index is 4.35. The van der Waals surface area contributed by atoms with Crippen LogP contribution in [0, 0.1) is 0 Å². The Morgan fingerprint density at radius 1 is 1.25 bits per heavy atom. The molecule has 0 saturated carbocycles. The predicted molar refractivity (Wildman–Crippen MR) is 67.8 cm³/mol. The van der Waals surface area contributed by atoms with E-state index in [1.807, 2.05) is 7.05 Å². The third kappa shape index (κ3) is 3.77. The zero-order chi connectivity index (χ0) is 11.8. The second kappa shape index (κ2) is 7.17. The van der Waals surface area contributed by atoms with E-state index in [9.17, 15) is 0 Å². The molecule has 0 atom stereocenters. The molecule has 0 radical (unpaired) electrons. The summed E-state index contributed by atoms with van der Waals surface area (Å²) >= 11 is 0. The van der Waals surface area contributed by atoms with Crippen molar-refractivity contribution in [3.63, 3.8) is 0 Å². The maximum Gasteiger partial charge on any atom is 0.132 e. The molecule has 1 heterocycles. The molecule has 0 amide bonds. The Kier molecular flexibility index (Phi) is 5.78. The SMILES string of the molecule is CCCN(CCNC)c1cc(CC)ncn1. The lowest BCUT2D eigenvalue weighted by atomic mass is 10.3. The van der Waals surface area contributed by atoms with Crippen LogP contribution in [0.4, 0.5) is 5.82 Å². The van der Waals surface area contributed by atoms with Crippen molar-refractivity contribution < 1.29 is 0 Å². The van der Waals surface area contributed by atoms with Gasteiger partial charge in [-0.3, -0.25) is 0 Å². The maximum absolute atomic E-state index is 4.35. The van der Waals surface area contributed by atoms with Crippen LogP contribution in [0.3, 0.4) is 0 Å². The molecule has 0 spiro atoms. The van der Waals surface area contributed by atoms with Crippen LogP contribution in [0.1, 0.15) is 26.0 Å². The van der Waals surface area contributed by atoms with Gasteiger partial charge >= 0.3 is 0 Å². The number of aryl methyl sites for hydroxylation is 1. The average Bonchev–Trinajstić information content (AvgIpc) is 2.34. The van der Waals surface area contributed by atoms with E-state index in [2.05, 4.69) is 40.1 Å². The molecule has 1 rings (SSSR count). The Hall–Kier alpha value is -1.16. The Morgan fingerprint density at radius 2 is 2.06 bits per heavy atom. The van der Waals surface area contributed by atoms with E-state index in [4.69, 9.17) is 0 Å². The molecule has 1 aromatic heterocycles. The number of hydrogen-bond acceptors (Lipinski definition) is 4. The first-order valence-corrected chi connectivity index (χ1v) is 6.02. The normalized spacial score (nSPS) is 10.4. The van der Waals surface area contributed by atoms with Crippen LogP contribution in [-0.2, 0) is 6.42 Å². The first-order valence-electron chi connectivity index (χ1n) is 6.02. The van der Waals surface area contributed by atoms with Gasteiger partial charge < -0.3 is 10.2 Å². The minimum atomic E-state index is 0.960. The quantitative estimate of drug-likeness (QED) is 0.758. The number of hydrogen-bond donors (Lipinski definition) is 1. The fourth-order valence-corrected chi connectivity index (χ4v) is 1.61. The molecule has 1 N–H and O–H groups in total. The first kappa shape index (κ1) is 12.9. The van der Waals surface area contributed by atoms with Crippen molar-refractivity contribution in [3.05, 3.63) is 18.1 Å². The summed E-state index contributed by atoms with van der Waals surface area (Å²) in [5.41, 5.74) is 1.11. The van der Waals surface area contributed by atoms with Gasteiger partial charge in [0.05, 0.1) is 0 Å². The molecule has 0 unspecified atom stereocenters. The van der Waals surface area contributed by atoms with E-state index < -0.39 is 0 Å². The average molecular weight is 222 g/mol. The first-order chi connectivity index (χ1) is 7.81. The lowest BCUT2D eigenvalue weighted by molar-refractivity contribution is 0.700. The van der Waals surface area contributed by atoms with E-state index in [-0.39, 0.29) is 0 Å². The van der Waals surface area contributed by atoms with Crippen LogP contribution in [0.25, 0.3) is 0 Å². The zero-order valence-electron chi connectivity index (χ0n) is 10.5. The standard InChI is InChI=1S/C12H22N4/c1-4-7-16(8-6-13-3)12-9-11(5-2)14-10-15-12/h9-10,13H,4-8H2,1-3H3. The van der Waals surface area contributed by atoms with Crippen molar-refractivity contribution in [3.8, 4) is 0 Å². The van der Waals surface area contributed by atoms with Gasteiger partial charge in [0, 0.05) is 31.4 Å². The highest BCUT2D eigenvalue weighted by molar-refractivity contribution is 5.38. The summed E-state index contributed by atoms with van der Waals surface area (Å²) in [5, 5.41) is 3.17. The van der Waals surface area contributed by atoms with Crippen molar-refractivity contribution in [2.45, 2.75) is 26.7 Å². The molecule has 0 aliphatic heterocycles. The van der Waals surface area contributed by atoms with E-state index in [1.54, 1.807) is 6.33 Å². The fourth-order valence-electron chi connectivity index (χ4n) is 1.61. The minimum absolute atomic E-state index is 0.960. The van der Waals surface area contributed by atoms with Crippen LogP contribution in [0.15, 0.2) is 12.4 Å². The summed E-state index contributed by atoms with van der Waals surface area (Å²) in [6, 6.07) is 2.09. The van der Waals surface area contributed by atoms with Gasteiger partial charge in [-0.05, 0) is 19.9 Å². The summed E-state index contributed by atoms with van der Waals surface area (Å²) in [4.78, 5) is 10.9. The van der Waals surface area contributed by atoms with Crippen LogP contribution in [-0.4, -0.2) is 36.6 Å². The molecule has 1 aromatic rings. The summed E-state index contributed by atoms with van der Waals surface area (Å²) in [6.07, 6.45) is 3.76. The lowest BCUT2D eigenvalue weighted by Gasteiger charge is -2.23. The fraction of sp³-hybridized carbons (Fsp3) is 0.667. The van der Waals surface area contributed by atoms with Crippen molar-refractivity contribution in [1.82, 2.24) is 15.3 Å².